The zero-order chi connectivity index (χ0) is 15.6. The summed E-state index contributed by atoms with van der Waals surface area (Å²) in [5.74, 6) is 0.651. The minimum Gasteiger partial charge on any atom is -0.331 e. The molecule has 0 unspecified atom stereocenters. The molecule has 0 bridgehead atoms. The van der Waals surface area contributed by atoms with Crippen LogP contribution in [-0.2, 0) is 4.79 Å². The minimum atomic E-state index is -0.0112. The van der Waals surface area contributed by atoms with Crippen molar-refractivity contribution >= 4 is 33.9 Å². The number of pyridine rings is 1. The molecular formula is C17H14N4OS. The van der Waals surface area contributed by atoms with E-state index in [-0.39, 0.29) is 11.8 Å². The lowest BCUT2D eigenvalue weighted by atomic mass is 9.93. The van der Waals surface area contributed by atoms with Gasteiger partial charge in [0.25, 0.3) is 0 Å². The fraction of sp³-hybridized carbons (Fsp3) is 0.118. The Labute approximate surface area is 137 Å². The standard InChI is InChI=1S/C17H14N4OS/c22-14-9-13(11-5-4-8-18-10-11)15-16(20-14)21-17(23-15)19-12-6-2-1-3-7-12/h1-8,10,13H,9H2,(H,19,21)(H,20,22)/t13-/m1/s1. The third-order valence-electron chi connectivity index (χ3n) is 3.73. The molecule has 3 aromatic rings. The van der Waals surface area contributed by atoms with Gasteiger partial charge in [-0.2, -0.15) is 0 Å². The zero-order valence-corrected chi connectivity index (χ0v) is 13.0. The minimum absolute atomic E-state index is 0.0104. The lowest BCUT2D eigenvalue weighted by molar-refractivity contribution is -0.116. The molecule has 5 nitrogen and oxygen atoms in total. The van der Waals surface area contributed by atoms with Crippen molar-refractivity contribution in [1.82, 2.24) is 9.97 Å². The second-order valence-corrected chi connectivity index (χ2v) is 6.34. The van der Waals surface area contributed by atoms with Crippen LogP contribution in [0.2, 0.25) is 0 Å². The number of amides is 1. The summed E-state index contributed by atoms with van der Waals surface area (Å²) in [6.07, 6.45) is 3.98. The van der Waals surface area contributed by atoms with Gasteiger partial charge >= 0.3 is 0 Å². The molecule has 0 saturated carbocycles. The molecule has 6 heteroatoms. The predicted octanol–water partition coefficient (Wildman–Crippen LogP) is 3.76. The number of hydrogen-bond donors (Lipinski definition) is 2. The summed E-state index contributed by atoms with van der Waals surface area (Å²) in [4.78, 5) is 21.8. The number of carbonyl (C=O) groups is 1. The van der Waals surface area contributed by atoms with Gasteiger partial charge in [-0.1, -0.05) is 35.6 Å². The second kappa shape index (κ2) is 5.81. The van der Waals surface area contributed by atoms with Crippen molar-refractivity contribution in [3.63, 3.8) is 0 Å². The molecular weight excluding hydrogens is 308 g/mol. The molecule has 2 aromatic heterocycles. The lowest BCUT2D eigenvalue weighted by Crippen LogP contribution is -2.22. The fourth-order valence-electron chi connectivity index (χ4n) is 2.67. The molecule has 114 valence electrons. The smallest absolute Gasteiger partial charge is 0.226 e. The highest BCUT2D eigenvalue weighted by atomic mass is 32.1. The van der Waals surface area contributed by atoms with Crippen molar-refractivity contribution in [1.29, 1.82) is 0 Å². The molecule has 1 atom stereocenters. The Morgan fingerprint density at radius 2 is 2.04 bits per heavy atom. The average molecular weight is 322 g/mol. The number of nitrogens with zero attached hydrogens (tertiary/aromatic N) is 2. The largest absolute Gasteiger partial charge is 0.331 e. The van der Waals surface area contributed by atoms with Gasteiger partial charge in [-0.3, -0.25) is 9.78 Å². The van der Waals surface area contributed by atoms with Gasteiger partial charge in [0.05, 0.1) is 4.88 Å². The number of fused-ring (bicyclic) bond motifs is 1. The second-order valence-electron chi connectivity index (χ2n) is 5.31. The van der Waals surface area contributed by atoms with Gasteiger partial charge in [-0.05, 0) is 23.8 Å². The van der Waals surface area contributed by atoms with Crippen LogP contribution in [0.1, 0.15) is 22.8 Å². The van der Waals surface area contributed by atoms with Crippen LogP contribution in [0.15, 0.2) is 54.9 Å². The van der Waals surface area contributed by atoms with E-state index in [1.165, 1.54) is 0 Å². The molecule has 0 saturated heterocycles. The molecule has 0 radical (unpaired) electrons. The Morgan fingerprint density at radius 1 is 1.17 bits per heavy atom. The van der Waals surface area contributed by atoms with Crippen LogP contribution in [-0.4, -0.2) is 15.9 Å². The van der Waals surface area contributed by atoms with Crippen molar-refractivity contribution in [3.05, 3.63) is 65.3 Å². The Bertz CT molecular complexity index is 832. The maximum atomic E-state index is 12.0. The lowest BCUT2D eigenvalue weighted by Gasteiger charge is -2.21. The molecule has 3 heterocycles. The van der Waals surface area contributed by atoms with Crippen molar-refractivity contribution in [3.8, 4) is 0 Å². The van der Waals surface area contributed by atoms with E-state index in [1.807, 2.05) is 48.7 Å². The van der Waals surface area contributed by atoms with Gasteiger partial charge in [0, 0.05) is 30.4 Å². The molecule has 0 spiro atoms. The first kappa shape index (κ1) is 13.9. The highest BCUT2D eigenvalue weighted by molar-refractivity contribution is 7.16. The molecule has 4 rings (SSSR count). The van der Waals surface area contributed by atoms with Crippen LogP contribution in [0.4, 0.5) is 16.6 Å². The molecule has 1 aliphatic rings. The SMILES string of the molecule is O=C1C[C@H](c2cccnc2)c2sc(Nc3ccccc3)nc2N1. The Morgan fingerprint density at radius 3 is 2.83 bits per heavy atom. The number of hydrogen-bond acceptors (Lipinski definition) is 5. The topological polar surface area (TPSA) is 66.9 Å². The Hall–Kier alpha value is -2.73. The summed E-state index contributed by atoms with van der Waals surface area (Å²) in [6, 6.07) is 13.8. The van der Waals surface area contributed by atoms with Crippen LogP contribution in [0.3, 0.4) is 0 Å². The molecule has 2 N–H and O–H groups in total. The number of nitrogens with one attached hydrogen (secondary N) is 2. The summed E-state index contributed by atoms with van der Waals surface area (Å²) in [6.45, 7) is 0. The van der Waals surface area contributed by atoms with Gasteiger partial charge in [0.15, 0.2) is 5.13 Å². The summed E-state index contributed by atoms with van der Waals surface area (Å²) in [5, 5.41) is 6.93. The van der Waals surface area contributed by atoms with Crippen molar-refractivity contribution in [2.24, 2.45) is 0 Å². The van der Waals surface area contributed by atoms with Crippen LogP contribution in [0.5, 0.6) is 0 Å². The Balaban J connectivity index is 1.69. The first-order valence-corrected chi connectivity index (χ1v) is 8.14. The van der Waals surface area contributed by atoms with Crippen LogP contribution < -0.4 is 10.6 Å². The highest BCUT2D eigenvalue weighted by Gasteiger charge is 2.30. The Kier molecular flexibility index (Phi) is 3.51. The first-order chi connectivity index (χ1) is 11.3. The van der Waals surface area contributed by atoms with Crippen LogP contribution in [0.25, 0.3) is 0 Å². The van der Waals surface area contributed by atoms with E-state index in [1.54, 1.807) is 17.5 Å². The van der Waals surface area contributed by atoms with E-state index in [2.05, 4.69) is 20.6 Å². The van der Waals surface area contributed by atoms with Crippen LogP contribution >= 0.6 is 11.3 Å². The molecule has 1 amide bonds. The van der Waals surface area contributed by atoms with Gasteiger partial charge in [0.1, 0.15) is 5.82 Å². The molecule has 1 aromatic carbocycles. The van der Waals surface area contributed by atoms with E-state index in [9.17, 15) is 4.79 Å². The van der Waals surface area contributed by atoms with E-state index in [0.717, 1.165) is 21.3 Å². The van der Waals surface area contributed by atoms with E-state index in [4.69, 9.17) is 0 Å². The van der Waals surface area contributed by atoms with Crippen molar-refractivity contribution in [2.75, 3.05) is 10.6 Å². The van der Waals surface area contributed by atoms with E-state index in [0.29, 0.717) is 12.2 Å². The summed E-state index contributed by atoms with van der Waals surface area (Å²) >= 11 is 1.57. The van der Waals surface area contributed by atoms with Crippen molar-refractivity contribution < 1.29 is 4.79 Å². The maximum absolute atomic E-state index is 12.0. The number of thiazole rings is 1. The predicted molar refractivity (Wildman–Crippen MR) is 91.2 cm³/mol. The maximum Gasteiger partial charge on any atom is 0.226 e. The monoisotopic (exact) mass is 322 g/mol. The normalized spacial score (nSPS) is 16.5. The quantitative estimate of drug-likeness (QED) is 0.770. The molecule has 23 heavy (non-hydrogen) atoms. The third kappa shape index (κ3) is 2.80. The number of rotatable bonds is 3. The highest BCUT2D eigenvalue weighted by Crippen LogP contribution is 2.42. The van der Waals surface area contributed by atoms with Crippen LogP contribution in [0, 0.1) is 0 Å². The number of para-hydroxylation sites is 1. The molecule has 0 fully saturated rings. The van der Waals surface area contributed by atoms with Gasteiger partial charge in [-0.25, -0.2) is 4.98 Å². The zero-order valence-electron chi connectivity index (χ0n) is 12.2. The van der Waals surface area contributed by atoms with Gasteiger partial charge in [0.2, 0.25) is 5.91 Å². The van der Waals surface area contributed by atoms with Gasteiger partial charge in [-0.15, -0.1) is 0 Å². The number of carbonyl (C=O) groups excluding carboxylic acids is 1. The number of anilines is 3. The number of aromatic nitrogens is 2. The number of benzene rings is 1. The fourth-order valence-corrected chi connectivity index (χ4v) is 3.74. The summed E-state index contributed by atoms with van der Waals surface area (Å²) in [5.41, 5.74) is 2.02. The molecule has 1 aliphatic heterocycles. The summed E-state index contributed by atoms with van der Waals surface area (Å²) in [7, 11) is 0. The molecule has 0 aliphatic carbocycles. The summed E-state index contributed by atoms with van der Waals surface area (Å²) < 4.78 is 0. The van der Waals surface area contributed by atoms with E-state index < -0.39 is 0 Å². The van der Waals surface area contributed by atoms with Crippen molar-refractivity contribution in [2.45, 2.75) is 12.3 Å². The third-order valence-corrected chi connectivity index (χ3v) is 4.81. The van der Waals surface area contributed by atoms with E-state index >= 15 is 0 Å². The van der Waals surface area contributed by atoms with Gasteiger partial charge < -0.3 is 10.6 Å². The average Bonchev–Trinajstić information content (AvgIpc) is 2.98. The first-order valence-electron chi connectivity index (χ1n) is 7.32.